The minimum absolute atomic E-state index is 0.0198. The van der Waals surface area contributed by atoms with Crippen molar-refractivity contribution >= 4 is 41.1 Å². The molecule has 1 aliphatic heterocycles. The van der Waals surface area contributed by atoms with Gasteiger partial charge in [-0.15, -0.1) is 0 Å². The van der Waals surface area contributed by atoms with Crippen molar-refractivity contribution in [2.45, 2.75) is 86.0 Å². The third-order valence-corrected chi connectivity index (χ3v) is 10.5. The number of hydrogen-bond donors (Lipinski definition) is 0. The van der Waals surface area contributed by atoms with Gasteiger partial charge in [0.2, 0.25) is 0 Å². The Morgan fingerprint density at radius 2 is 1.22 bits per heavy atom. The Bertz CT molecular complexity index is 1750. The zero-order valence-corrected chi connectivity index (χ0v) is 33.8. The number of nitro groups is 1. The first-order valence-corrected chi connectivity index (χ1v) is 22.7. The van der Waals surface area contributed by atoms with Gasteiger partial charge in [-0.1, -0.05) is 91.3 Å². The summed E-state index contributed by atoms with van der Waals surface area (Å²) in [5.74, 6) is 3.17. The van der Waals surface area contributed by atoms with Crippen LogP contribution >= 0.6 is 19.4 Å². The van der Waals surface area contributed by atoms with Crippen molar-refractivity contribution in [3.05, 3.63) is 129 Å². The molecule has 1 aliphatic rings. The SMILES string of the molecule is Cc1cc(C(C)C)c(N2[CH-]N(c3c(C(C)C)cccc3C(C)C)CC2)c(C(C)C)c1.O=[N+]([O-])c1ccc(Oc2ccccc2[CH]=[Ru]([Cl])[Cl])cc1. The first-order chi connectivity index (χ1) is 23.7. The summed E-state index contributed by atoms with van der Waals surface area (Å²) in [5.41, 5.74) is 10.9. The second-order valence-corrected chi connectivity index (χ2v) is 19.6. The van der Waals surface area contributed by atoms with Crippen molar-refractivity contribution in [1.82, 2.24) is 0 Å². The fraction of sp³-hybridized carbons (Fsp3) is 0.366. The number of anilines is 2. The molecule has 0 atom stereocenters. The molecular weight excluding hydrogens is 754 g/mol. The Kier molecular flexibility index (Phi) is 14.1. The quantitative estimate of drug-likeness (QED) is 0.0692. The van der Waals surface area contributed by atoms with E-state index in [0.29, 0.717) is 35.2 Å². The molecule has 6 nitrogen and oxygen atoms in total. The first-order valence-electron chi connectivity index (χ1n) is 17.2. The number of benzene rings is 4. The Morgan fingerprint density at radius 3 is 1.68 bits per heavy atom. The second-order valence-electron chi connectivity index (χ2n) is 13.9. The molecule has 0 aromatic heterocycles. The van der Waals surface area contributed by atoms with E-state index in [1.165, 1.54) is 51.3 Å². The van der Waals surface area contributed by atoms with E-state index in [0.717, 1.165) is 18.7 Å². The van der Waals surface area contributed by atoms with E-state index in [1.807, 2.05) is 18.2 Å². The molecule has 0 aliphatic carbocycles. The van der Waals surface area contributed by atoms with Crippen LogP contribution in [0.15, 0.2) is 78.9 Å². The van der Waals surface area contributed by atoms with E-state index in [-0.39, 0.29) is 5.69 Å². The third kappa shape index (κ3) is 9.96. The summed E-state index contributed by atoms with van der Waals surface area (Å²) in [6.07, 6.45) is 0. The molecule has 4 aromatic rings. The van der Waals surface area contributed by atoms with Gasteiger partial charge in [-0.25, -0.2) is 0 Å². The van der Waals surface area contributed by atoms with Crippen LogP contribution < -0.4 is 14.5 Å². The van der Waals surface area contributed by atoms with Gasteiger partial charge in [-0.05, 0) is 52.8 Å². The number of aryl methyl sites for hydroxylation is 1. The van der Waals surface area contributed by atoms with Crippen LogP contribution in [0.2, 0.25) is 0 Å². The predicted molar refractivity (Wildman–Crippen MR) is 209 cm³/mol. The summed E-state index contributed by atoms with van der Waals surface area (Å²) in [6, 6.07) is 24.9. The molecule has 0 radical (unpaired) electrons. The molecule has 0 amide bonds. The number of nitro benzene ring substituents is 1. The average molecular weight is 805 g/mol. The molecule has 0 saturated carbocycles. The summed E-state index contributed by atoms with van der Waals surface area (Å²) in [6.45, 7) is 25.2. The number of ether oxygens (including phenoxy) is 1. The van der Waals surface area contributed by atoms with Crippen LogP contribution in [0.1, 0.15) is 112 Å². The van der Waals surface area contributed by atoms with Crippen molar-refractivity contribution < 1.29 is 23.2 Å². The first kappa shape index (κ1) is 39.5. The maximum absolute atomic E-state index is 10.6. The number of non-ortho nitro benzene ring substituents is 1. The normalized spacial score (nSPS) is 13.2. The summed E-state index contributed by atoms with van der Waals surface area (Å²) in [5, 5.41) is 10.6. The molecule has 9 heteroatoms. The van der Waals surface area contributed by atoms with Crippen molar-refractivity contribution in [3.8, 4) is 11.5 Å². The number of hydrogen-bond acceptors (Lipinski definition) is 5. The van der Waals surface area contributed by atoms with Gasteiger partial charge in [0.25, 0.3) is 0 Å². The molecule has 0 unspecified atom stereocenters. The topological polar surface area (TPSA) is 58.9 Å². The summed E-state index contributed by atoms with van der Waals surface area (Å²) in [4.78, 5) is 15.2. The molecule has 1 fully saturated rings. The van der Waals surface area contributed by atoms with Crippen molar-refractivity contribution in [2.75, 3.05) is 22.9 Å². The van der Waals surface area contributed by atoms with Crippen LogP contribution in [0, 0.1) is 23.7 Å². The molecule has 1 heterocycles. The fourth-order valence-corrected chi connectivity index (χ4v) is 8.04. The van der Waals surface area contributed by atoms with Gasteiger partial charge in [0, 0.05) is 24.5 Å². The summed E-state index contributed by atoms with van der Waals surface area (Å²) < 4.78 is 7.48. The van der Waals surface area contributed by atoms with Gasteiger partial charge in [-0.2, -0.15) is 6.67 Å². The Hall–Kier alpha value is -3.25. The molecule has 5 rings (SSSR count). The van der Waals surface area contributed by atoms with E-state index in [9.17, 15) is 10.1 Å². The van der Waals surface area contributed by atoms with E-state index in [4.69, 9.17) is 24.1 Å². The van der Waals surface area contributed by atoms with E-state index < -0.39 is 18.4 Å². The van der Waals surface area contributed by atoms with Crippen LogP contribution in [0.3, 0.4) is 0 Å². The molecule has 0 N–H and O–H groups in total. The molecule has 4 aromatic carbocycles. The zero-order chi connectivity index (χ0) is 36.7. The van der Waals surface area contributed by atoms with Gasteiger partial charge in [0.1, 0.15) is 0 Å². The van der Waals surface area contributed by atoms with Gasteiger partial charge in [-0.3, -0.25) is 0 Å². The maximum atomic E-state index is 10.6. The number of nitrogens with zero attached hydrogens (tertiary/aromatic N) is 3. The number of para-hydroxylation sites is 2. The van der Waals surface area contributed by atoms with Gasteiger partial charge in [0.05, 0.1) is 0 Å². The van der Waals surface area contributed by atoms with Crippen molar-refractivity contribution in [1.29, 1.82) is 0 Å². The Labute approximate surface area is 312 Å². The molecule has 1 saturated heterocycles. The van der Waals surface area contributed by atoms with Crippen LogP contribution in [0.5, 0.6) is 11.5 Å². The molecular formula is C41H50Cl2N3O3Ru-. The average Bonchev–Trinajstić information content (AvgIpc) is 3.54. The fourth-order valence-electron chi connectivity index (χ4n) is 6.23. The number of halogens is 2. The standard InChI is InChI=1S/C28H41N2.C13H9NO3.2ClH.Ru/c1-18(2)23-11-10-12-24(19(3)4)27(23)29-13-14-30(17-29)28-25(20(5)6)15-22(9)16-26(28)21(7)8;1-10-4-2-3-5-13(10)17-12-8-6-11(7-9-12)14(15)16;;;/h10-12,15-21H,13-14H2,1-9H3;1-9H;2*1H;/q-1;;;;+2/p-2. The van der Waals surface area contributed by atoms with Crippen LogP contribution in [-0.4, -0.2) is 22.6 Å². The molecule has 270 valence electrons. The number of rotatable bonds is 10. The van der Waals surface area contributed by atoms with Crippen LogP contribution in [-0.2, 0) is 13.5 Å². The second kappa shape index (κ2) is 17.8. The third-order valence-electron chi connectivity index (χ3n) is 8.72. The van der Waals surface area contributed by atoms with E-state index >= 15 is 0 Å². The van der Waals surface area contributed by atoms with Crippen LogP contribution in [0.25, 0.3) is 0 Å². The van der Waals surface area contributed by atoms with E-state index in [1.54, 1.807) is 22.8 Å². The minimum atomic E-state index is -1.94. The van der Waals surface area contributed by atoms with Crippen molar-refractivity contribution in [2.24, 2.45) is 0 Å². The Balaban J connectivity index is 0.000000244. The zero-order valence-electron chi connectivity index (χ0n) is 30.6. The molecule has 0 bridgehead atoms. The van der Waals surface area contributed by atoms with Gasteiger partial charge >= 0.3 is 129 Å². The predicted octanol–water partition coefficient (Wildman–Crippen LogP) is 12.4. The van der Waals surface area contributed by atoms with Gasteiger partial charge < -0.3 is 9.80 Å². The van der Waals surface area contributed by atoms with Crippen molar-refractivity contribution in [3.63, 3.8) is 0 Å². The Morgan fingerprint density at radius 1 is 0.740 bits per heavy atom. The van der Waals surface area contributed by atoms with Crippen LogP contribution in [0.4, 0.5) is 17.1 Å². The summed E-state index contributed by atoms with van der Waals surface area (Å²) in [7, 11) is 11.7. The monoisotopic (exact) mass is 804 g/mol. The van der Waals surface area contributed by atoms with Gasteiger partial charge in [0.15, 0.2) is 0 Å². The summed E-state index contributed by atoms with van der Waals surface area (Å²) >= 11 is -1.94. The molecule has 50 heavy (non-hydrogen) atoms. The molecule has 0 spiro atoms. The van der Waals surface area contributed by atoms with E-state index in [2.05, 4.69) is 109 Å².